The quantitative estimate of drug-likeness (QED) is 0.676. The van der Waals surface area contributed by atoms with Gasteiger partial charge in [-0.05, 0) is 31.7 Å². The minimum absolute atomic E-state index is 0.267. The van der Waals surface area contributed by atoms with E-state index < -0.39 is 0 Å². The molecule has 1 N–H and O–H groups in total. The molecule has 7 nitrogen and oxygen atoms in total. The van der Waals surface area contributed by atoms with E-state index in [4.69, 9.17) is 14.2 Å². The molecule has 1 aromatic heterocycles. The molecule has 2 heterocycles. The smallest absolute Gasteiger partial charge is 0.234 e. The summed E-state index contributed by atoms with van der Waals surface area (Å²) in [4.78, 5) is 11.2. The molecular weight excluding hydrogens is 380 g/mol. The van der Waals surface area contributed by atoms with Crippen molar-refractivity contribution in [1.82, 2.24) is 14.9 Å². The summed E-state index contributed by atoms with van der Waals surface area (Å²) in [6, 6.07) is 8.13. The van der Waals surface area contributed by atoms with Crippen molar-refractivity contribution in [2.75, 3.05) is 44.8 Å². The zero-order valence-corrected chi connectivity index (χ0v) is 17.6. The molecule has 30 heavy (non-hydrogen) atoms. The van der Waals surface area contributed by atoms with E-state index in [-0.39, 0.29) is 6.10 Å². The first kappa shape index (κ1) is 20.9. The molecule has 0 atom stereocenters. The first-order valence-electron chi connectivity index (χ1n) is 11.1. The summed E-state index contributed by atoms with van der Waals surface area (Å²) in [5.41, 5.74) is 1.10. The number of hydrogen-bond donors (Lipinski definition) is 1. The lowest BCUT2D eigenvalue weighted by atomic mass is 9.98. The lowest BCUT2D eigenvalue weighted by molar-refractivity contribution is 0.0322. The molecule has 1 aliphatic carbocycles. The van der Waals surface area contributed by atoms with Crippen molar-refractivity contribution in [3.8, 4) is 11.6 Å². The van der Waals surface area contributed by atoms with Crippen LogP contribution in [0.2, 0.25) is 0 Å². The number of para-hydroxylation sites is 1. The van der Waals surface area contributed by atoms with E-state index >= 15 is 0 Å². The highest BCUT2D eigenvalue weighted by Crippen LogP contribution is 2.23. The first-order valence-corrected chi connectivity index (χ1v) is 11.1. The van der Waals surface area contributed by atoms with Gasteiger partial charge in [0.05, 0.1) is 25.6 Å². The minimum atomic E-state index is 0.267. The average molecular weight is 413 g/mol. The molecule has 4 rings (SSSR count). The van der Waals surface area contributed by atoms with E-state index in [1.807, 2.05) is 18.2 Å². The van der Waals surface area contributed by atoms with Gasteiger partial charge in [0, 0.05) is 31.7 Å². The van der Waals surface area contributed by atoms with Crippen molar-refractivity contribution in [2.24, 2.45) is 0 Å². The van der Waals surface area contributed by atoms with Crippen LogP contribution in [-0.4, -0.2) is 60.4 Å². The monoisotopic (exact) mass is 412 g/mol. The van der Waals surface area contributed by atoms with Crippen LogP contribution in [0.5, 0.6) is 11.6 Å². The van der Waals surface area contributed by atoms with Crippen LogP contribution in [0.3, 0.4) is 0 Å². The van der Waals surface area contributed by atoms with Gasteiger partial charge in [0.25, 0.3) is 0 Å². The number of nitrogens with one attached hydrogen (secondary N) is 1. The first-order chi connectivity index (χ1) is 14.9. The van der Waals surface area contributed by atoms with Gasteiger partial charge >= 0.3 is 0 Å². The van der Waals surface area contributed by atoms with Crippen LogP contribution in [0.1, 0.15) is 37.7 Å². The van der Waals surface area contributed by atoms with Crippen molar-refractivity contribution >= 4 is 5.82 Å². The predicted molar refractivity (Wildman–Crippen MR) is 116 cm³/mol. The zero-order chi connectivity index (χ0) is 20.4. The van der Waals surface area contributed by atoms with E-state index in [0.29, 0.717) is 24.8 Å². The molecule has 2 aromatic rings. The maximum atomic E-state index is 6.07. The third-order valence-corrected chi connectivity index (χ3v) is 5.65. The SMILES string of the molecule is c1ccc(OCCN2CCOCC2)c(CNc2cncc(OC3CCCCC3)n2)c1. The fourth-order valence-corrected chi connectivity index (χ4v) is 3.93. The van der Waals surface area contributed by atoms with Crippen LogP contribution in [0.4, 0.5) is 5.82 Å². The fraction of sp³-hybridized carbons (Fsp3) is 0.565. The Bertz CT molecular complexity index is 777. The lowest BCUT2D eigenvalue weighted by Gasteiger charge is -2.26. The van der Waals surface area contributed by atoms with Crippen molar-refractivity contribution < 1.29 is 14.2 Å². The largest absolute Gasteiger partial charge is 0.492 e. The fourth-order valence-electron chi connectivity index (χ4n) is 3.93. The van der Waals surface area contributed by atoms with Crippen molar-refractivity contribution in [3.63, 3.8) is 0 Å². The van der Waals surface area contributed by atoms with Crippen LogP contribution >= 0.6 is 0 Å². The van der Waals surface area contributed by atoms with Gasteiger partial charge in [-0.1, -0.05) is 24.6 Å². The van der Waals surface area contributed by atoms with Crippen molar-refractivity contribution in [3.05, 3.63) is 42.2 Å². The van der Waals surface area contributed by atoms with Gasteiger partial charge in [-0.3, -0.25) is 9.88 Å². The van der Waals surface area contributed by atoms with Crippen LogP contribution in [0, 0.1) is 0 Å². The standard InChI is InChI=1S/C23H32N4O3/c1-2-7-20(8-3-1)30-23-18-24-17-22(26-23)25-16-19-6-4-5-9-21(19)29-15-12-27-10-13-28-14-11-27/h4-6,9,17-18,20H,1-3,7-8,10-16H2,(H,25,26). The molecule has 162 valence electrons. The summed E-state index contributed by atoms with van der Waals surface area (Å²) in [7, 11) is 0. The molecule has 1 saturated heterocycles. The van der Waals surface area contributed by atoms with Gasteiger partial charge in [-0.25, -0.2) is 0 Å². The van der Waals surface area contributed by atoms with Gasteiger partial charge in [0.1, 0.15) is 24.3 Å². The third-order valence-electron chi connectivity index (χ3n) is 5.65. The predicted octanol–water partition coefficient (Wildman–Crippen LogP) is 3.51. The summed E-state index contributed by atoms with van der Waals surface area (Å²) >= 11 is 0. The van der Waals surface area contributed by atoms with Gasteiger partial charge < -0.3 is 19.5 Å². The van der Waals surface area contributed by atoms with Crippen LogP contribution < -0.4 is 14.8 Å². The third kappa shape index (κ3) is 6.31. The minimum Gasteiger partial charge on any atom is -0.492 e. The maximum Gasteiger partial charge on any atom is 0.234 e. The highest BCUT2D eigenvalue weighted by molar-refractivity contribution is 5.39. The van der Waals surface area contributed by atoms with E-state index in [2.05, 4.69) is 26.3 Å². The summed E-state index contributed by atoms with van der Waals surface area (Å²) < 4.78 is 17.5. The highest BCUT2D eigenvalue weighted by Gasteiger charge is 2.16. The van der Waals surface area contributed by atoms with Gasteiger partial charge in [-0.2, -0.15) is 4.98 Å². The molecule has 0 spiro atoms. The number of hydrogen-bond acceptors (Lipinski definition) is 7. The number of benzene rings is 1. The normalized spacial score (nSPS) is 18.1. The number of anilines is 1. The molecule has 0 amide bonds. The summed E-state index contributed by atoms with van der Waals surface area (Å²) in [5, 5.41) is 3.36. The summed E-state index contributed by atoms with van der Waals surface area (Å²) in [5.74, 6) is 2.22. The molecule has 1 aliphatic heterocycles. The Balaban J connectivity index is 1.28. The number of ether oxygens (including phenoxy) is 3. The molecule has 1 saturated carbocycles. The Morgan fingerprint density at radius 2 is 1.90 bits per heavy atom. The summed E-state index contributed by atoms with van der Waals surface area (Å²) in [6.45, 7) is 5.78. The molecule has 2 aliphatic rings. The molecular formula is C23H32N4O3. The van der Waals surface area contributed by atoms with Gasteiger partial charge in [0.2, 0.25) is 5.88 Å². The van der Waals surface area contributed by atoms with E-state index in [9.17, 15) is 0 Å². The van der Waals surface area contributed by atoms with Crippen molar-refractivity contribution in [1.29, 1.82) is 0 Å². The van der Waals surface area contributed by atoms with Crippen molar-refractivity contribution in [2.45, 2.75) is 44.8 Å². The Hall–Kier alpha value is -2.38. The molecule has 2 fully saturated rings. The highest BCUT2D eigenvalue weighted by atomic mass is 16.5. The van der Waals surface area contributed by atoms with Crippen LogP contribution in [0.25, 0.3) is 0 Å². The van der Waals surface area contributed by atoms with Crippen LogP contribution in [-0.2, 0) is 11.3 Å². The number of morpholine rings is 1. The topological polar surface area (TPSA) is 68.7 Å². The molecule has 7 heteroatoms. The lowest BCUT2D eigenvalue weighted by Crippen LogP contribution is -2.38. The van der Waals surface area contributed by atoms with E-state index in [1.54, 1.807) is 12.4 Å². The second-order valence-corrected chi connectivity index (χ2v) is 7.88. The maximum absolute atomic E-state index is 6.07. The van der Waals surface area contributed by atoms with E-state index in [0.717, 1.165) is 57.0 Å². The number of nitrogens with zero attached hydrogens (tertiary/aromatic N) is 3. The molecule has 0 bridgehead atoms. The Morgan fingerprint density at radius 1 is 1.07 bits per heavy atom. The van der Waals surface area contributed by atoms with E-state index in [1.165, 1.54) is 19.3 Å². The average Bonchev–Trinajstić information content (AvgIpc) is 2.80. The number of rotatable bonds is 9. The van der Waals surface area contributed by atoms with Gasteiger partial charge in [0.15, 0.2) is 0 Å². The Labute approximate surface area is 178 Å². The second-order valence-electron chi connectivity index (χ2n) is 7.88. The van der Waals surface area contributed by atoms with Gasteiger partial charge in [-0.15, -0.1) is 0 Å². The number of aromatic nitrogens is 2. The second kappa shape index (κ2) is 11.1. The molecule has 0 unspecified atom stereocenters. The Kier molecular flexibility index (Phi) is 7.75. The molecule has 0 radical (unpaired) electrons. The Morgan fingerprint density at radius 3 is 2.77 bits per heavy atom. The molecule has 1 aromatic carbocycles. The zero-order valence-electron chi connectivity index (χ0n) is 17.6. The van der Waals surface area contributed by atoms with Crippen LogP contribution in [0.15, 0.2) is 36.7 Å². The summed E-state index contributed by atoms with van der Waals surface area (Å²) in [6.07, 6.45) is 9.68.